The van der Waals surface area contributed by atoms with Gasteiger partial charge in [0, 0.05) is 31.0 Å². The van der Waals surface area contributed by atoms with Gasteiger partial charge in [0.1, 0.15) is 6.61 Å². The molecule has 0 fully saturated rings. The number of hydrogen-bond acceptors (Lipinski definition) is 5. The van der Waals surface area contributed by atoms with Crippen LogP contribution in [-0.2, 0) is 16.1 Å². The van der Waals surface area contributed by atoms with E-state index < -0.39 is 0 Å². The second-order valence-corrected chi connectivity index (χ2v) is 6.19. The fraction of sp³-hybridized carbons (Fsp3) is 0.333. The highest BCUT2D eigenvalue weighted by atomic mass is 35.5. The van der Waals surface area contributed by atoms with Crippen LogP contribution in [0.3, 0.4) is 0 Å². The largest absolute Gasteiger partial charge is 0.504 e. The number of methoxy groups -OCH3 is 1. The van der Waals surface area contributed by atoms with Crippen LogP contribution in [-0.4, -0.2) is 47.8 Å². The summed E-state index contributed by atoms with van der Waals surface area (Å²) < 4.78 is 10.6. The molecular formula is C18H19ClN2O4. The van der Waals surface area contributed by atoms with Crippen molar-refractivity contribution in [3.05, 3.63) is 41.0 Å². The Morgan fingerprint density at radius 1 is 1.44 bits per heavy atom. The van der Waals surface area contributed by atoms with Crippen LogP contribution >= 0.6 is 11.6 Å². The topological polar surface area (TPSA) is 71.9 Å². The molecule has 1 N–H and O–H groups in total. The molecule has 25 heavy (non-hydrogen) atoms. The van der Waals surface area contributed by atoms with Gasteiger partial charge in [-0.05, 0) is 24.3 Å². The third-order valence-electron chi connectivity index (χ3n) is 4.01. The van der Waals surface area contributed by atoms with Crippen molar-refractivity contribution in [1.29, 1.82) is 0 Å². The number of pyridine rings is 1. The van der Waals surface area contributed by atoms with E-state index in [1.54, 1.807) is 36.4 Å². The molecule has 0 saturated carbocycles. The Labute approximate surface area is 151 Å². The molecule has 0 atom stereocenters. The van der Waals surface area contributed by atoms with Crippen LogP contribution in [0.15, 0.2) is 30.5 Å². The quantitative estimate of drug-likeness (QED) is 0.905. The average Bonchev–Trinajstić information content (AvgIpc) is 2.83. The molecular weight excluding hydrogens is 344 g/mol. The number of aromatic nitrogens is 1. The maximum atomic E-state index is 12.3. The maximum absolute atomic E-state index is 12.3. The number of hydrogen-bond donors (Lipinski definition) is 1. The van der Waals surface area contributed by atoms with Crippen molar-refractivity contribution >= 4 is 17.5 Å². The zero-order valence-electron chi connectivity index (χ0n) is 13.9. The van der Waals surface area contributed by atoms with E-state index >= 15 is 0 Å². The fourth-order valence-corrected chi connectivity index (χ4v) is 2.87. The van der Waals surface area contributed by atoms with Gasteiger partial charge < -0.3 is 19.5 Å². The number of carbonyl (C=O) groups excluding carboxylic acids is 1. The lowest BCUT2D eigenvalue weighted by atomic mass is 10.0. The highest BCUT2D eigenvalue weighted by Crippen LogP contribution is 2.37. The number of nitrogens with zero attached hydrogens (tertiary/aromatic N) is 2. The Bertz CT molecular complexity index is 764. The molecule has 0 spiro atoms. The second kappa shape index (κ2) is 7.72. The standard InChI is InChI=1S/C18H19ClN2O4/c1-24-6-4-17(23)21-5-7-25-18-13(11-21)8-12(9-16(18)22)15-3-2-14(19)10-20-15/h2-3,8-10,22H,4-7,11H2,1H3. The van der Waals surface area contributed by atoms with Crippen LogP contribution in [0, 0.1) is 0 Å². The molecule has 3 rings (SSSR count). The smallest absolute Gasteiger partial charge is 0.225 e. The van der Waals surface area contributed by atoms with E-state index in [9.17, 15) is 9.90 Å². The number of ether oxygens (including phenoxy) is 2. The van der Waals surface area contributed by atoms with Gasteiger partial charge in [-0.25, -0.2) is 0 Å². The van der Waals surface area contributed by atoms with E-state index in [2.05, 4.69) is 4.98 Å². The van der Waals surface area contributed by atoms with Gasteiger partial charge >= 0.3 is 0 Å². The summed E-state index contributed by atoms with van der Waals surface area (Å²) in [5, 5.41) is 10.9. The van der Waals surface area contributed by atoms with Gasteiger partial charge in [-0.15, -0.1) is 0 Å². The van der Waals surface area contributed by atoms with Crippen molar-refractivity contribution < 1.29 is 19.4 Å². The van der Waals surface area contributed by atoms with E-state index in [4.69, 9.17) is 21.1 Å². The van der Waals surface area contributed by atoms with Crippen LogP contribution in [0.2, 0.25) is 5.02 Å². The molecule has 0 radical (unpaired) electrons. The van der Waals surface area contributed by atoms with Gasteiger partial charge in [-0.1, -0.05) is 11.6 Å². The molecule has 0 aliphatic carbocycles. The summed E-state index contributed by atoms with van der Waals surface area (Å²) in [6, 6.07) is 7.01. The predicted octanol–water partition coefficient (Wildman–Crippen LogP) is 2.87. The Kier molecular flexibility index (Phi) is 5.40. The summed E-state index contributed by atoms with van der Waals surface area (Å²) >= 11 is 5.88. The first-order valence-corrected chi connectivity index (χ1v) is 8.33. The normalized spacial score (nSPS) is 13.8. The van der Waals surface area contributed by atoms with E-state index in [-0.39, 0.29) is 11.7 Å². The molecule has 2 aromatic rings. The minimum absolute atomic E-state index is 0.00666. The Morgan fingerprint density at radius 2 is 2.28 bits per heavy atom. The summed E-state index contributed by atoms with van der Waals surface area (Å²) in [7, 11) is 1.57. The van der Waals surface area contributed by atoms with Crippen molar-refractivity contribution in [2.75, 3.05) is 26.9 Å². The van der Waals surface area contributed by atoms with Crippen molar-refractivity contribution in [3.8, 4) is 22.8 Å². The minimum atomic E-state index is -0.00666. The van der Waals surface area contributed by atoms with Crippen LogP contribution in [0.4, 0.5) is 0 Å². The number of phenolic OH excluding ortho intramolecular Hbond substituents is 1. The Morgan fingerprint density at radius 3 is 3.00 bits per heavy atom. The van der Waals surface area contributed by atoms with Crippen LogP contribution in [0.1, 0.15) is 12.0 Å². The van der Waals surface area contributed by atoms with Gasteiger partial charge in [0.15, 0.2) is 11.5 Å². The Balaban J connectivity index is 1.90. The molecule has 1 aliphatic rings. The summed E-state index contributed by atoms with van der Waals surface area (Å²) in [5.74, 6) is 0.447. The van der Waals surface area contributed by atoms with E-state index in [1.807, 2.05) is 6.07 Å². The third-order valence-corrected chi connectivity index (χ3v) is 4.23. The summed E-state index contributed by atoms with van der Waals surface area (Å²) in [6.45, 7) is 1.54. The van der Waals surface area contributed by atoms with Gasteiger partial charge in [-0.2, -0.15) is 0 Å². The molecule has 1 aromatic carbocycles. The first kappa shape index (κ1) is 17.5. The van der Waals surface area contributed by atoms with E-state index in [0.29, 0.717) is 49.2 Å². The average molecular weight is 363 g/mol. The van der Waals surface area contributed by atoms with E-state index in [1.165, 1.54) is 0 Å². The number of carbonyl (C=O) groups is 1. The number of amides is 1. The van der Waals surface area contributed by atoms with Crippen LogP contribution in [0.25, 0.3) is 11.3 Å². The van der Waals surface area contributed by atoms with Crippen molar-refractivity contribution in [2.24, 2.45) is 0 Å². The van der Waals surface area contributed by atoms with Crippen molar-refractivity contribution in [1.82, 2.24) is 9.88 Å². The van der Waals surface area contributed by atoms with Gasteiger partial charge in [-0.3, -0.25) is 9.78 Å². The Hall–Kier alpha value is -2.31. The van der Waals surface area contributed by atoms with Crippen LogP contribution in [0.5, 0.6) is 11.5 Å². The lowest BCUT2D eigenvalue weighted by Gasteiger charge is -2.20. The third kappa shape index (κ3) is 4.03. The molecule has 0 saturated heterocycles. The molecule has 0 unspecified atom stereocenters. The van der Waals surface area contributed by atoms with Gasteiger partial charge in [0.25, 0.3) is 0 Å². The zero-order valence-corrected chi connectivity index (χ0v) is 14.6. The molecule has 0 bridgehead atoms. The highest BCUT2D eigenvalue weighted by molar-refractivity contribution is 6.30. The molecule has 1 amide bonds. The molecule has 132 valence electrons. The number of fused-ring (bicyclic) bond motifs is 1. The van der Waals surface area contributed by atoms with E-state index in [0.717, 1.165) is 11.1 Å². The fourth-order valence-electron chi connectivity index (χ4n) is 2.75. The summed E-state index contributed by atoms with van der Waals surface area (Å²) in [5.41, 5.74) is 2.17. The van der Waals surface area contributed by atoms with Crippen molar-refractivity contribution in [2.45, 2.75) is 13.0 Å². The second-order valence-electron chi connectivity index (χ2n) is 5.75. The molecule has 1 aromatic heterocycles. The van der Waals surface area contributed by atoms with Gasteiger partial charge in [0.2, 0.25) is 5.91 Å². The first-order valence-electron chi connectivity index (χ1n) is 7.96. The minimum Gasteiger partial charge on any atom is -0.504 e. The number of benzene rings is 1. The number of halogens is 1. The summed E-state index contributed by atoms with van der Waals surface area (Å²) in [4.78, 5) is 18.3. The molecule has 1 aliphatic heterocycles. The molecule has 2 heterocycles. The number of rotatable bonds is 4. The lowest BCUT2D eigenvalue weighted by molar-refractivity contribution is -0.132. The SMILES string of the molecule is COCCC(=O)N1CCOc2c(O)cc(-c3ccc(Cl)cn3)cc2C1. The summed E-state index contributed by atoms with van der Waals surface area (Å²) in [6.07, 6.45) is 1.87. The highest BCUT2D eigenvalue weighted by Gasteiger charge is 2.22. The predicted molar refractivity (Wildman–Crippen MR) is 93.8 cm³/mol. The number of phenols is 1. The van der Waals surface area contributed by atoms with Gasteiger partial charge in [0.05, 0.1) is 30.3 Å². The lowest BCUT2D eigenvalue weighted by Crippen LogP contribution is -2.32. The van der Waals surface area contributed by atoms with Crippen LogP contribution < -0.4 is 4.74 Å². The molecule has 6 nitrogen and oxygen atoms in total. The monoisotopic (exact) mass is 362 g/mol. The molecule has 7 heteroatoms. The maximum Gasteiger partial charge on any atom is 0.225 e. The zero-order chi connectivity index (χ0) is 17.8. The first-order chi connectivity index (χ1) is 12.1. The number of aromatic hydroxyl groups is 1. The van der Waals surface area contributed by atoms with Crippen molar-refractivity contribution in [3.63, 3.8) is 0 Å².